The van der Waals surface area contributed by atoms with Crippen molar-refractivity contribution >= 4 is 23.5 Å². The highest BCUT2D eigenvalue weighted by molar-refractivity contribution is 6.46. The Bertz CT molecular complexity index is 763. The normalized spacial score (nSPS) is 11.8. The fourth-order valence-electron chi connectivity index (χ4n) is 1.70. The fourth-order valence-corrected chi connectivity index (χ4v) is 1.70. The third-order valence-electron chi connectivity index (χ3n) is 2.70. The molecule has 0 spiro atoms. The van der Waals surface area contributed by atoms with Crippen molar-refractivity contribution in [3.05, 3.63) is 54.0 Å². The van der Waals surface area contributed by atoms with Crippen molar-refractivity contribution in [2.24, 2.45) is 16.0 Å². The van der Waals surface area contributed by atoms with E-state index in [1.807, 2.05) is 0 Å². The first kappa shape index (κ1) is 16.7. The van der Waals surface area contributed by atoms with Gasteiger partial charge >= 0.3 is 6.09 Å². The molecule has 2 aromatic heterocycles. The highest BCUT2D eigenvalue weighted by Crippen LogP contribution is 2.07. The predicted octanol–water partition coefficient (Wildman–Crippen LogP) is 1.23. The van der Waals surface area contributed by atoms with Crippen LogP contribution in [0.4, 0.5) is 10.6 Å². The topological polar surface area (TPSA) is 155 Å². The Morgan fingerprint density at radius 2 is 2.17 bits per heavy atom. The Hall–Kier alpha value is -3.69. The molecule has 0 radical (unpaired) electrons. The summed E-state index contributed by atoms with van der Waals surface area (Å²) in [7, 11) is 0. The van der Waals surface area contributed by atoms with E-state index < -0.39 is 6.09 Å². The van der Waals surface area contributed by atoms with Gasteiger partial charge in [-0.25, -0.2) is 9.78 Å². The summed E-state index contributed by atoms with van der Waals surface area (Å²) < 4.78 is 0. The van der Waals surface area contributed by atoms with E-state index in [9.17, 15) is 4.79 Å². The minimum Gasteiger partial charge on any atom is -0.465 e. The number of carbonyl (C=O) groups is 1. The predicted molar refractivity (Wildman–Crippen MR) is 84.9 cm³/mol. The van der Waals surface area contributed by atoms with Gasteiger partial charge < -0.3 is 20.9 Å². The molecule has 0 aliphatic carbocycles. The summed E-state index contributed by atoms with van der Waals surface area (Å²) in [4.78, 5) is 23.7. The lowest BCUT2D eigenvalue weighted by Crippen LogP contribution is -2.25. The first-order valence-electron chi connectivity index (χ1n) is 6.64. The summed E-state index contributed by atoms with van der Waals surface area (Å²) in [6.45, 7) is -0.0440. The number of nitrogens with two attached hydrogens (primary N) is 1. The van der Waals surface area contributed by atoms with Gasteiger partial charge in [0.1, 0.15) is 5.82 Å². The zero-order valence-electron chi connectivity index (χ0n) is 12.3. The molecule has 0 aliphatic heterocycles. The molecule has 2 rings (SSSR count). The molecular formula is C14H14N6O4. The largest absolute Gasteiger partial charge is 0.465 e. The van der Waals surface area contributed by atoms with Gasteiger partial charge in [-0.15, -0.1) is 0 Å². The van der Waals surface area contributed by atoms with Crippen LogP contribution in [-0.2, 0) is 11.4 Å². The van der Waals surface area contributed by atoms with E-state index in [2.05, 4.69) is 25.6 Å². The molecule has 10 nitrogen and oxygen atoms in total. The van der Waals surface area contributed by atoms with Crippen molar-refractivity contribution in [3.63, 3.8) is 0 Å². The zero-order valence-corrected chi connectivity index (χ0v) is 12.3. The molecule has 124 valence electrons. The Kier molecular flexibility index (Phi) is 5.61. The number of hydrogen-bond donors (Lipinski definition) is 4. The summed E-state index contributed by atoms with van der Waals surface area (Å²) in [6.07, 6.45) is 1.83. The van der Waals surface area contributed by atoms with Crippen LogP contribution in [0.25, 0.3) is 0 Å². The van der Waals surface area contributed by atoms with Gasteiger partial charge in [-0.2, -0.15) is 0 Å². The van der Waals surface area contributed by atoms with Gasteiger partial charge in [0.05, 0.1) is 5.69 Å². The van der Waals surface area contributed by atoms with Crippen molar-refractivity contribution in [3.8, 4) is 0 Å². The van der Waals surface area contributed by atoms with E-state index in [1.54, 1.807) is 30.5 Å². The van der Waals surface area contributed by atoms with E-state index in [1.165, 1.54) is 12.3 Å². The minimum atomic E-state index is -1.22. The summed E-state index contributed by atoms with van der Waals surface area (Å²) in [5, 5.41) is 26.4. The van der Waals surface area contributed by atoms with Crippen molar-refractivity contribution in [2.45, 2.75) is 6.61 Å². The SMILES string of the molecule is NC(=NO)C(=NOCc1cccc(NC(=O)O)n1)c1cccnc1. The number of oxime groups is 2. The molecule has 2 heterocycles. The molecule has 0 unspecified atom stereocenters. The van der Waals surface area contributed by atoms with Gasteiger partial charge in [-0.05, 0) is 24.3 Å². The van der Waals surface area contributed by atoms with Crippen molar-refractivity contribution in [1.82, 2.24) is 9.97 Å². The lowest BCUT2D eigenvalue weighted by atomic mass is 10.2. The minimum absolute atomic E-state index is 0.0440. The number of amides is 1. The van der Waals surface area contributed by atoms with Crippen LogP contribution in [0.15, 0.2) is 53.0 Å². The van der Waals surface area contributed by atoms with Gasteiger partial charge in [-0.1, -0.05) is 16.4 Å². The lowest BCUT2D eigenvalue weighted by molar-refractivity contribution is 0.128. The van der Waals surface area contributed by atoms with Gasteiger partial charge in [0, 0.05) is 18.0 Å². The van der Waals surface area contributed by atoms with Crippen LogP contribution in [0, 0.1) is 0 Å². The Morgan fingerprint density at radius 1 is 1.33 bits per heavy atom. The summed E-state index contributed by atoms with van der Waals surface area (Å²) in [5.74, 6) is -0.0752. The third kappa shape index (κ3) is 4.66. The van der Waals surface area contributed by atoms with E-state index in [0.717, 1.165) is 0 Å². The summed E-state index contributed by atoms with van der Waals surface area (Å²) in [5.41, 5.74) is 6.62. The third-order valence-corrected chi connectivity index (χ3v) is 2.70. The highest BCUT2D eigenvalue weighted by Gasteiger charge is 2.10. The molecule has 2 aromatic rings. The monoisotopic (exact) mass is 330 g/mol. The number of amidine groups is 1. The second-order valence-electron chi connectivity index (χ2n) is 4.38. The number of nitrogens with one attached hydrogen (secondary N) is 1. The number of hydrogen-bond acceptors (Lipinski definition) is 7. The van der Waals surface area contributed by atoms with Crippen LogP contribution in [0.1, 0.15) is 11.3 Å². The molecule has 0 aliphatic rings. The molecular weight excluding hydrogens is 316 g/mol. The van der Waals surface area contributed by atoms with Crippen LogP contribution < -0.4 is 11.1 Å². The number of nitrogens with zero attached hydrogens (tertiary/aromatic N) is 4. The average molecular weight is 330 g/mol. The maximum absolute atomic E-state index is 10.6. The molecule has 5 N–H and O–H groups in total. The van der Waals surface area contributed by atoms with Crippen LogP contribution in [0.5, 0.6) is 0 Å². The molecule has 0 bridgehead atoms. The molecule has 0 fully saturated rings. The summed E-state index contributed by atoms with van der Waals surface area (Å²) in [6, 6.07) is 8.08. The number of carboxylic acid groups (broad SMARTS) is 1. The van der Waals surface area contributed by atoms with Crippen molar-refractivity contribution in [1.29, 1.82) is 0 Å². The number of anilines is 1. The van der Waals surface area contributed by atoms with E-state index >= 15 is 0 Å². The van der Waals surface area contributed by atoms with Crippen LogP contribution in [0.2, 0.25) is 0 Å². The second-order valence-corrected chi connectivity index (χ2v) is 4.38. The van der Waals surface area contributed by atoms with Crippen LogP contribution >= 0.6 is 0 Å². The lowest BCUT2D eigenvalue weighted by Gasteiger charge is -2.06. The number of pyridine rings is 2. The Labute approximate surface area is 136 Å². The van der Waals surface area contributed by atoms with Gasteiger partial charge in [-0.3, -0.25) is 10.3 Å². The number of rotatable bonds is 6. The van der Waals surface area contributed by atoms with E-state index in [-0.39, 0.29) is 24.0 Å². The van der Waals surface area contributed by atoms with Crippen molar-refractivity contribution in [2.75, 3.05) is 5.32 Å². The molecule has 24 heavy (non-hydrogen) atoms. The molecule has 1 amide bonds. The fraction of sp³-hybridized carbons (Fsp3) is 0.0714. The van der Waals surface area contributed by atoms with Crippen LogP contribution in [0.3, 0.4) is 0 Å². The summed E-state index contributed by atoms with van der Waals surface area (Å²) >= 11 is 0. The van der Waals surface area contributed by atoms with Crippen molar-refractivity contribution < 1.29 is 19.9 Å². The average Bonchev–Trinajstić information content (AvgIpc) is 2.58. The molecule has 0 aromatic carbocycles. The van der Waals surface area contributed by atoms with E-state index in [0.29, 0.717) is 11.3 Å². The maximum Gasteiger partial charge on any atom is 0.410 e. The maximum atomic E-state index is 10.6. The van der Waals surface area contributed by atoms with Gasteiger partial charge in [0.15, 0.2) is 18.2 Å². The molecule has 0 saturated heterocycles. The smallest absolute Gasteiger partial charge is 0.410 e. The first-order valence-corrected chi connectivity index (χ1v) is 6.64. The number of aromatic nitrogens is 2. The van der Waals surface area contributed by atoms with Gasteiger partial charge in [0.25, 0.3) is 0 Å². The zero-order chi connectivity index (χ0) is 17.4. The Balaban J connectivity index is 2.11. The van der Waals surface area contributed by atoms with E-state index in [4.69, 9.17) is 20.9 Å². The second kappa shape index (κ2) is 8.08. The Morgan fingerprint density at radius 3 is 2.83 bits per heavy atom. The first-order chi connectivity index (χ1) is 11.6. The molecule has 0 atom stereocenters. The molecule has 10 heteroatoms. The molecule has 0 saturated carbocycles. The quantitative estimate of drug-likeness (QED) is 0.268. The highest BCUT2D eigenvalue weighted by atomic mass is 16.6. The van der Waals surface area contributed by atoms with Gasteiger partial charge in [0.2, 0.25) is 0 Å². The van der Waals surface area contributed by atoms with Crippen LogP contribution in [-0.4, -0.2) is 37.9 Å². The standard InChI is InChI=1S/C14H14N6O4/c15-13(19-23)12(9-3-2-6-16-7-9)20-24-8-10-4-1-5-11(17-10)18-14(21)22/h1-7,23H,8H2,(H2,15,19)(H,17,18)(H,21,22).